The maximum absolute atomic E-state index is 10.7. The summed E-state index contributed by atoms with van der Waals surface area (Å²) < 4.78 is 6.29. The average molecular weight is 286 g/mol. The van der Waals surface area contributed by atoms with Crippen molar-refractivity contribution in [3.8, 4) is 0 Å². The molecule has 112 valence electrons. The number of carboxylic acids is 1. The first-order valence-corrected chi connectivity index (χ1v) is 10.1. The van der Waals surface area contributed by atoms with Crippen molar-refractivity contribution in [2.75, 3.05) is 0 Å². The van der Waals surface area contributed by atoms with E-state index in [9.17, 15) is 4.79 Å². The zero-order valence-corrected chi connectivity index (χ0v) is 14.3. The van der Waals surface area contributed by atoms with Gasteiger partial charge in [-0.1, -0.05) is 47.0 Å². The molecule has 0 amide bonds. The second kappa shape index (κ2) is 7.85. The van der Waals surface area contributed by atoms with Crippen molar-refractivity contribution in [1.82, 2.24) is 0 Å². The highest BCUT2D eigenvalue weighted by Crippen LogP contribution is 2.37. The zero-order valence-electron chi connectivity index (χ0n) is 13.3. The summed E-state index contributed by atoms with van der Waals surface area (Å²) in [7, 11) is -1.84. The van der Waals surface area contributed by atoms with Gasteiger partial charge in [-0.25, -0.2) is 4.79 Å². The average Bonchev–Trinajstić information content (AvgIpc) is 2.24. The lowest BCUT2D eigenvalue weighted by Gasteiger charge is -2.38. The molecule has 0 bridgehead atoms. The van der Waals surface area contributed by atoms with Crippen molar-refractivity contribution in [2.24, 2.45) is 0 Å². The summed E-state index contributed by atoms with van der Waals surface area (Å²) in [5.74, 6) is -0.903. The Morgan fingerprint density at radius 3 is 2.32 bits per heavy atom. The van der Waals surface area contributed by atoms with Gasteiger partial charge in [-0.3, -0.25) is 0 Å². The Kier molecular flexibility index (Phi) is 7.60. The number of carbonyl (C=O) groups is 1. The van der Waals surface area contributed by atoms with E-state index in [4.69, 9.17) is 9.53 Å². The molecule has 0 aliphatic heterocycles. The molecular weight excluding hydrogens is 256 g/mol. The molecule has 1 N–H and O–H groups in total. The fraction of sp³-hybridized carbons (Fsp3) is 0.800. The largest absolute Gasteiger partial charge is 0.478 e. The van der Waals surface area contributed by atoms with Crippen LogP contribution in [0.4, 0.5) is 0 Å². The first kappa shape index (κ1) is 18.4. The van der Waals surface area contributed by atoms with E-state index in [1.807, 2.05) is 0 Å². The Morgan fingerprint density at radius 2 is 1.89 bits per heavy atom. The summed E-state index contributed by atoms with van der Waals surface area (Å²) in [6, 6.07) is 0. The topological polar surface area (TPSA) is 46.5 Å². The number of aliphatic carboxylic acids is 1. The lowest BCUT2D eigenvalue weighted by atomic mass is 10.1. The second-order valence-electron chi connectivity index (χ2n) is 6.61. The van der Waals surface area contributed by atoms with E-state index >= 15 is 0 Å². The molecule has 0 aromatic rings. The highest BCUT2D eigenvalue weighted by atomic mass is 28.4. The first-order valence-electron chi connectivity index (χ1n) is 7.19. The molecule has 0 spiro atoms. The van der Waals surface area contributed by atoms with Crippen LogP contribution in [0.1, 0.15) is 53.4 Å². The van der Waals surface area contributed by atoms with Crippen molar-refractivity contribution in [1.29, 1.82) is 0 Å². The van der Waals surface area contributed by atoms with E-state index in [-0.39, 0.29) is 11.1 Å². The van der Waals surface area contributed by atoms with Crippen LogP contribution in [0.5, 0.6) is 0 Å². The van der Waals surface area contributed by atoms with E-state index in [0.29, 0.717) is 0 Å². The van der Waals surface area contributed by atoms with Crippen molar-refractivity contribution in [3.63, 3.8) is 0 Å². The summed E-state index contributed by atoms with van der Waals surface area (Å²) in [5, 5.41) is 8.91. The molecule has 0 aliphatic carbocycles. The van der Waals surface area contributed by atoms with Crippen LogP contribution in [0, 0.1) is 0 Å². The van der Waals surface area contributed by atoms with Gasteiger partial charge in [-0.15, -0.1) is 0 Å². The van der Waals surface area contributed by atoms with Gasteiger partial charge in [-0.2, -0.15) is 0 Å². The van der Waals surface area contributed by atoms with E-state index in [0.717, 1.165) is 25.7 Å². The monoisotopic (exact) mass is 286 g/mol. The molecule has 3 nitrogen and oxygen atoms in total. The molecule has 4 heteroatoms. The Bertz CT molecular complexity index is 303. The third-order valence-electron chi connectivity index (χ3n) is 3.80. The predicted molar refractivity (Wildman–Crippen MR) is 83.0 cm³/mol. The maximum atomic E-state index is 10.7. The van der Waals surface area contributed by atoms with Gasteiger partial charge >= 0.3 is 5.97 Å². The highest BCUT2D eigenvalue weighted by molar-refractivity contribution is 6.74. The van der Waals surface area contributed by atoms with E-state index in [1.165, 1.54) is 6.08 Å². The number of unbranched alkanes of at least 4 members (excludes halogenated alkanes) is 2. The van der Waals surface area contributed by atoms with E-state index in [1.54, 1.807) is 6.08 Å². The summed E-state index contributed by atoms with van der Waals surface area (Å²) >= 11 is 0. The molecular formula is C15H30O3Si. The van der Waals surface area contributed by atoms with Crippen LogP contribution in [-0.2, 0) is 9.22 Å². The van der Waals surface area contributed by atoms with Crippen LogP contribution in [0.3, 0.4) is 0 Å². The van der Waals surface area contributed by atoms with Crippen LogP contribution in [0.15, 0.2) is 12.2 Å². The molecule has 0 saturated carbocycles. The standard InChI is InChI=1S/C15H30O3Si/c1-7-8-9-10-13(11-12-14(16)17)18-19(5,6)15(2,3)4/h11-13H,7-10H2,1-6H3,(H,16,17)/b12-11+. The highest BCUT2D eigenvalue weighted by Gasteiger charge is 2.38. The summed E-state index contributed by atoms with van der Waals surface area (Å²) in [6.45, 7) is 13.2. The fourth-order valence-corrected chi connectivity index (χ4v) is 2.84. The SMILES string of the molecule is CCCCCC(/C=C/C(=O)O)O[Si](C)(C)C(C)(C)C. The first-order chi connectivity index (χ1) is 8.60. The molecule has 19 heavy (non-hydrogen) atoms. The maximum Gasteiger partial charge on any atom is 0.328 e. The van der Waals surface area contributed by atoms with Gasteiger partial charge in [0.25, 0.3) is 0 Å². The lowest BCUT2D eigenvalue weighted by molar-refractivity contribution is -0.131. The van der Waals surface area contributed by atoms with Crippen LogP contribution >= 0.6 is 0 Å². The van der Waals surface area contributed by atoms with Crippen molar-refractivity contribution < 1.29 is 14.3 Å². The Balaban J connectivity index is 4.70. The molecule has 0 saturated heterocycles. The quantitative estimate of drug-likeness (QED) is 0.403. The zero-order chi connectivity index (χ0) is 15.1. The fourth-order valence-electron chi connectivity index (χ4n) is 1.53. The third-order valence-corrected chi connectivity index (χ3v) is 8.30. The number of carboxylic acid groups (broad SMARTS) is 1. The minimum absolute atomic E-state index is 0.0662. The predicted octanol–water partition coefficient (Wildman–Crippen LogP) is 4.60. The molecule has 0 aliphatic rings. The third kappa shape index (κ3) is 7.53. The molecule has 1 atom stereocenters. The molecule has 0 aromatic heterocycles. The Labute approximate surface area is 119 Å². The number of hydrogen-bond donors (Lipinski definition) is 1. The van der Waals surface area contributed by atoms with Gasteiger partial charge in [0.15, 0.2) is 8.32 Å². The van der Waals surface area contributed by atoms with Gasteiger partial charge in [-0.05, 0) is 30.6 Å². The smallest absolute Gasteiger partial charge is 0.328 e. The van der Waals surface area contributed by atoms with Crippen LogP contribution in [-0.4, -0.2) is 25.5 Å². The lowest BCUT2D eigenvalue weighted by Crippen LogP contribution is -2.43. The summed E-state index contributed by atoms with van der Waals surface area (Å²) in [4.78, 5) is 10.7. The molecule has 0 heterocycles. The van der Waals surface area contributed by atoms with Crippen molar-refractivity contribution in [2.45, 2.75) is 77.6 Å². The normalized spacial score (nSPS) is 14.8. The Morgan fingerprint density at radius 1 is 1.32 bits per heavy atom. The number of hydrogen-bond acceptors (Lipinski definition) is 2. The molecule has 1 unspecified atom stereocenters. The Hall–Kier alpha value is -0.613. The minimum Gasteiger partial charge on any atom is -0.478 e. The van der Waals surface area contributed by atoms with Crippen LogP contribution in [0.25, 0.3) is 0 Å². The van der Waals surface area contributed by atoms with Gasteiger partial charge in [0.2, 0.25) is 0 Å². The van der Waals surface area contributed by atoms with Gasteiger partial charge < -0.3 is 9.53 Å². The van der Waals surface area contributed by atoms with Crippen LogP contribution in [0.2, 0.25) is 18.1 Å². The van der Waals surface area contributed by atoms with E-state index in [2.05, 4.69) is 40.8 Å². The molecule has 0 aromatic carbocycles. The minimum atomic E-state index is -1.84. The van der Waals surface area contributed by atoms with Crippen molar-refractivity contribution >= 4 is 14.3 Å². The van der Waals surface area contributed by atoms with Crippen molar-refractivity contribution in [3.05, 3.63) is 12.2 Å². The number of rotatable bonds is 8. The molecule has 0 rings (SSSR count). The van der Waals surface area contributed by atoms with E-state index < -0.39 is 14.3 Å². The van der Waals surface area contributed by atoms with Crippen LogP contribution < -0.4 is 0 Å². The van der Waals surface area contributed by atoms with Gasteiger partial charge in [0.1, 0.15) is 0 Å². The summed E-state index contributed by atoms with van der Waals surface area (Å²) in [5.41, 5.74) is 0. The van der Waals surface area contributed by atoms with Gasteiger partial charge in [0, 0.05) is 6.08 Å². The molecule has 0 radical (unpaired) electrons. The molecule has 0 fully saturated rings. The second-order valence-corrected chi connectivity index (χ2v) is 11.4. The summed E-state index contributed by atoms with van der Waals surface area (Å²) in [6.07, 6.45) is 7.17. The van der Waals surface area contributed by atoms with Gasteiger partial charge in [0.05, 0.1) is 6.10 Å².